The summed E-state index contributed by atoms with van der Waals surface area (Å²) in [7, 11) is 0. The van der Waals surface area contributed by atoms with Gasteiger partial charge in [0.15, 0.2) is 0 Å². The Morgan fingerprint density at radius 3 is 2.29 bits per heavy atom. The van der Waals surface area contributed by atoms with Crippen molar-refractivity contribution in [3.05, 3.63) is 0 Å². The molecule has 0 unspecified atom stereocenters. The first-order valence-electron chi connectivity index (χ1n) is 4.07. The average molecular weight is 242 g/mol. The number of hydrogen-bond acceptors (Lipinski definition) is 4. The lowest BCUT2D eigenvalue weighted by atomic mass is 10.1. The zero-order valence-corrected chi connectivity index (χ0v) is 9.86. The van der Waals surface area contributed by atoms with Gasteiger partial charge in [0, 0.05) is 0 Å². The van der Waals surface area contributed by atoms with E-state index in [4.69, 9.17) is 10.8 Å². The molecule has 0 aliphatic heterocycles. The molecule has 14 heavy (non-hydrogen) atoms. The smallest absolute Gasteiger partial charge is 0.313 e. The lowest BCUT2D eigenvalue weighted by Crippen LogP contribution is -2.30. The predicted molar refractivity (Wildman–Crippen MR) is 59.8 cm³/mol. The van der Waals surface area contributed by atoms with E-state index in [2.05, 4.69) is 0 Å². The summed E-state index contributed by atoms with van der Waals surface area (Å²) in [5.74, 6) is -0.843. The van der Waals surface area contributed by atoms with Gasteiger partial charge in [-0.2, -0.15) is 0 Å². The minimum absolute atomic E-state index is 0. The molecule has 0 spiro atoms. The van der Waals surface area contributed by atoms with Gasteiger partial charge in [0.05, 0.1) is 11.8 Å². The van der Waals surface area contributed by atoms with E-state index in [9.17, 15) is 9.59 Å². The number of carboxylic acids is 1. The zero-order valence-electron chi connectivity index (χ0n) is 8.23. The fraction of sp³-hybridized carbons (Fsp3) is 0.750. The molecule has 3 N–H and O–H groups in total. The van der Waals surface area contributed by atoms with Gasteiger partial charge in [-0.05, 0) is 12.3 Å². The summed E-state index contributed by atoms with van der Waals surface area (Å²) in [4.78, 5) is 21.3. The van der Waals surface area contributed by atoms with Gasteiger partial charge in [-0.15, -0.1) is 12.4 Å². The van der Waals surface area contributed by atoms with E-state index in [-0.39, 0.29) is 23.3 Å². The first kappa shape index (κ1) is 16.2. The number of aliphatic carboxylic acids is 1. The number of carbonyl (C=O) groups excluding carboxylic acids is 1. The Bertz CT molecular complexity index is 199. The van der Waals surface area contributed by atoms with Crippen molar-refractivity contribution in [1.82, 2.24) is 0 Å². The molecular formula is C8H16ClNO3S. The second-order valence-electron chi connectivity index (χ2n) is 3.24. The van der Waals surface area contributed by atoms with Crippen LogP contribution < -0.4 is 5.73 Å². The summed E-state index contributed by atoms with van der Waals surface area (Å²) < 4.78 is 0. The van der Waals surface area contributed by atoms with Crippen LogP contribution in [-0.2, 0) is 9.59 Å². The number of carboxylic acid groups (broad SMARTS) is 1. The SMILES string of the molecule is CC(C)C[C@H](N)C(=O)SCC(=O)O.Cl. The first-order chi connectivity index (χ1) is 5.93. The van der Waals surface area contributed by atoms with Gasteiger partial charge in [0.25, 0.3) is 0 Å². The molecule has 0 aliphatic rings. The summed E-state index contributed by atoms with van der Waals surface area (Å²) in [6, 6.07) is -0.538. The van der Waals surface area contributed by atoms with Crippen LogP contribution >= 0.6 is 24.2 Å². The molecule has 0 saturated heterocycles. The highest BCUT2D eigenvalue weighted by molar-refractivity contribution is 8.14. The van der Waals surface area contributed by atoms with Gasteiger partial charge in [0.1, 0.15) is 0 Å². The van der Waals surface area contributed by atoms with Crippen molar-refractivity contribution < 1.29 is 14.7 Å². The van der Waals surface area contributed by atoms with E-state index < -0.39 is 12.0 Å². The topological polar surface area (TPSA) is 80.4 Å². The molecule has 0 fully saturated rings. The Balaban J connectivity index is 0. The predicted octanol–water partition coefficient (Wildman–Crippen LogP) is 1.13. The molecule has 84 valence electrons. The Morgan fingerprint density at radius 1 is 1.43 bits per heavy atom. The van der Waals surface area contributed by atoms with Crippen molar-refractivity contribution in [3.8, 4) is 0 Å². The second-order valence-corrected chi connectivity index (χ2v) is 4.22. The number of rotatable bonds is 5. The Hall–Kier alpha value is -0.260. The van der Waals surface area contributed by atoms with Crippen molar-refractivity contribution in [2.24, 2.45) is 11.7 Å². The number of halogens is 1. The maximum absolute atomic E-state index is 11.2. The Morgan fingerprint density at radius 2 is 1.93 bits per heavy atom. The highest BCUT2D eigenvalue weighted by Crippen LogP contribution is 2.10. The average Bonchev–Trinajstić information content (AvgIpc) is 1.98. The minimum atomic E-state index is -0.991. The summed E-state index contributed by atoms with van der Waals surface area (Å²) in [6.07, 6.45) is 0.603. The van der Waals surface area contributed by atoms with Gasteiger partial charge < -0.3 is 10.8 Å². The molecule has 0 radical (unpaired) electrons. The van der Waals surface area contributed by atoms with Crippen molar-refractivity contribution in [1.29, 1.82) is 0 Å². The molecule has 0 heterocycles. The largest absolute Gasteiger partial charge is 0.481 e. The molecule has 0 amide bonds. The third-order valence-electron chi connectivity index (χ3n) is 1.37. The fourth-order valence-electron chi connectivity index (χ4n) is 0.844. The van der Waals surface area contributed by atoms with E-state index in [0.29, 0.717) is 12.3 Å². The summed E-state index contributed by atoms with van der Waals surface area (Å²) in [5, 5.41) is 8.07. The fourth-order valence-corrected chi connectivity index (χ4v) is 1.42. The lowest BCUT2D eigenvalue weighted by Gasteiger charge is -2.11. The van der Waals surface area contributed by atoms with Crippen molar-refractivity contribution in [2.75, 3.05) is 5.75 Å². The maximum Gasteiger partial charge on any atom is 0.313 e. The first-order valence-corrected chi connectivity index (χ1v) is 5.06. The third kappa shape index (κ3) is 8.34. The molecule has 0 aromatic rings. The number of nitrogens with two attached hydrogens (primary N) is 1. The van der Waals surface area contributed by atoms with Crippen LogP contribution in [0, 0.1) is 5.92 Å². The Kier molecular flexibility index (Phi) is 9.34. The van der Waals surface area contributed by atoms with Gasteiger partial charge in [-0.3, -0.25) is 9.59 Å². The summed E-state index contributed by atoms with van der Waals surface area (Å²) in [6.45, 7) is 3.93. The van der Waals surface area contributed by atoms with E-state index in [1.807, 2.05) is 13.8 Å². The molecule has 0 aromatic heterocycles. The van der Waals surface area contributed by atoms with Crippen molar-refractivity contribution in [3.63, 3.8) is 0 Å². The molecule has 4 nitrogen and oxygen atoms in total. The van der Waals surface area contributed by atoms with Crippen molar-refractivity contribution in [2.45, 2.75) is 26.3 Å². The zero-order chi connectivity index (χ0) is 10.4. The van der Waals surface area contributed by atoms with Crippen LogP contribution in [0.25, 0.3) is 0 Å². The van der Waals surface area contributed by atoms with Crippen LogP contribution in [-0.4, -0.2) is 28.0 Å². The molecule has 0 aliphatic carbocycles. The van der Waals surface area contributed by atoms with Crippen LogP contribution in [0.15, 0.2) is 0 Å². The van der Waals surface area contributed by atoms with Crippen LogP contribution in [0.4, 0.5) is 0 Å². The van der Waals surface area contributed by atoms with Gasteiger partial charge >= 0.3 is 5.97 Å². The van der Waals surface area contributed by atoms with E-state index >= 15 is 0 Å². The molecule has 6 heteroatoms. The van der Waals surface area contributed by atoms with Gasteiger partial charge in [-0.25, -0.2) is 0 Å². The molecular weight excluding hydrogens is 226 g/mol. The van der Waals surface area contributed by atoms with Crippen LogP contribution in [0.1, 0.15) is 20.3 Å². The number of thioether (sulfide) groups is 1. The van der Waals surface area contributed by atoms with Crippen molar-refractivity contribution >= 4 is 35.3 Å². The maximum atomic E-state index is 11.2. The summed E-state index contributed by atoms with van der Waals surface area (Å²) in [5.41, 5.74) is 5.54. The normalized spacial score (nSPS) is 12.0. The van der Waals surface area contributed by atoms with Crippen LogP contribution in [0.3, 0.4) is 0 Å². The lowest BCUT2D eigenvalue weighted by molar-refractivity contribution is -0.134. The van der Waals surface area contributed by atoms with Gasteiger partial charge in [0.2, 0.25) is 5.12 Å². The van der Waals surface area contributed by atoms with Crippen LogP contribution in [0.5, 0.6) is 0 Å². The quantitative estimate of drug-likeness (QED) is 0.754. The monoisotopic (exact) mass is 241 g/mol. The highest BCUT2D eigenvalue weighted by Gasteiger charge is 2.16. The third-order valence-corrected chi connectivity index (χ3v) is 2.34. The molecule has 0 saturated carbocycles. The number of hydrogen-bond donors (Lipinski definition) is 2. The van der Waals surface area contributed by atoms with E-state index in [1.165, 1.54) is 0 Å². The molecule has 0 bridgehead atoms. The minimum Gasteiger partial charge on any atom is -0.481 e. The van der Waals surface area contributed by atoms with Crippen LogP contribution in [0.2, 0.25) is 0 Å². The van der Waals surface area contributed by atoms with Gasteiger partial charge in [-0.1, -0.05) is 25.6 Å². The Labute approximate surface area is 94.0 Å². The number of carbonyl (C=O) groups is 2. The summed E-state index contributed by atoms with van der Waals surface area (Å²) >= 11 is 0.771. The van der Waals surface area contributed by atoms with E-state index in [1.54, 1.807) is 0 Å². The highest BCUT2D eigenvalue weighted by atomic mass is 35.5. The standard InChI is InChI=1S/C8H15NO3S.ClH/c1-5(2)3-6(9)8(12)13-4-7(10)11;/h5-6H,3-4,9H2,1-2H3,(H,10,11);1H/t6-;/m0./s1. The second kappa shape index (κ2) is 8.08. The molecule has 1 atom stereocenters. The molecule has 0 rings (SSSR count). The van der Waals surface area contributed by atoms with E-state index in [0.717, 1.165) is 11.8 Å². The molecule has 0 aromatic carbocycles.